The number of hydrogen-bond donors (Lipinski definition) is 0. The molecule has 2 aliphatic heterocycles. The number of piperidine rings is 1. The minimum atomic E-state index is -0.312. The van der Waals surface area contributed by atoms with E-state index in [9.17, 15) is 4.79 Å². The molecule has 2 heterocycles. The molecule has 1 amide bonds. The summed E-state index contributed by atoms with van der Waals surface area (Å²) >= 11 is 0. The highest BCUT2D eigenvalue weighted by molar-refractivity contribution is 5.70. The van der Waals surface area contributed by atoms with Crippen LogP contribution in [0.2, 0.25) is 0 Å². The highest BCUT2D eigenvalue weighted by Crippen LogP contribution is 2.31. The zero-order chi connectivity index (χ0) is 17.0. The van der Waals surface area contributed by atoms with E-state index in [2.05, 4.69) is 4.90 Å². The molecule has 0 bridgehead atoms. The second-order valence-corrected chi connectivity index (χ2v) is 6.64. The van der Waals surface area contributed by atoms with Crippen LogP contribution < -0.4 is 9.47 Å². The minimum Gasteiger partial charge on any atom is -0.493 e. The normalized spacial score (nSPS) is 24.2. The Hall–Kier alpha value is -1.95. The number of amides is 1. The summed E-state index contributed by atoms with van der Waals surface area (Å²) in [5, 5.41) is 0. The van der Waals surface area contributed by atoms with Gasteiger partial charge in [0, 0.05) is 20.1 Å². The van der Waals surface area contributed by atoms with E-state index in [4.69, 9.17) is 14.2 Å². The van der Waals surface area contributed by atoms with Crippen LogP contribution in [-0.4, -0.2) is 68.4 Å². The number of rotatable bonds is 6. The van der Waals surface area contributed by atoms with Crippen LogP contribution >= 0.6 is 0 Å². The van der Waals surface area contributed by atoms with E-state index in [0.29, 0.717) is 13.2 Å². The molecule has 1 atom stereocenters. The van der Waals surface area contributed by atoms with E-state index in [1.807, 2.05) is 24.3 Å². The van der Waals surface area contributed by atoms with Gasteiger partial charge in [0.25, 0.3) is 0 Å². The van der Waals surface area contributed by atoms with Crippen LogP contribution in [-0.2, 0) is 4.74 Å². The first-order chi connectivity index (χ1) is 11.6. The van der Waals surface area contributed by atoms with Gasteiger partial charge in [0.2, 0.25) is 0 Å². The second kappa shape index (κ2) is 7.30. The number of hydrogen-bond acceptors (Lipinski definition) is 5. The van der Waals surface area contributed by atoms with Crippen LogP contribution in [0.3, 0.4) is 0 Å². The van der Waals surface area contributed by atoms with Crippen molar-refractivity contribution in [3.8, 4) is 11.5 Å². The summed E-state index contributed by atoms with van der Waals surface area (Å²) in [6, 6.07) is 7.69. The average molecular weight is 334 g/mol. The quantitative estimate of drug-likeness (QED) is 0.748. The highest BCUT2D eigenvalue weighted by atomic mass is 16.6. The number of carbonyl (C=O) groups is 1. The van der Waals surface area contributed by atoms with Gasteiger partial charge in [0.1, 0.15) is 5.60 Å². The van der Waals surface area contributed by atoms with Crippen molar-refractivity contribution in [3.63, 3.8) is 0 Å². The number of carbonyl (C=O) groups excluding carboxylic acids is 1. The molecule has 6 nitrogen and oxygen atoms in total. The van der Waals surface area contributed by atoms with Crippen molar-refractivity contribution in [3.05, 3.63) is 24.3 Å². The molecule has 1 aromatic carbocycles. The highest BCUT2D eigenvalue weighted by Gasteiger charge is 2.46. The van der Waals surface area contributed by atoms with Crippen LogP contribution in [0.5, 0.6) is 11.5 Å². The van der Waals surface area contributed by atoms with Gasteiger partial charge in [0.05, 0.1) is 20.3 Å². The molecule has 1 unspecified atom stereocenters. The van der Waals surface area contributed by atoms with Gasteiger partial charge in [-0.3, -0.25) is 4.90 Å². The van der Waals surface area contributed by atoms with Crippen molar-refractivity contribution in [2.45, 2.75) is 24.9 Å². The Kier molecular flexibility index (Phi) is 5.14. The third-order valence-electron chi connectivity index (χ3n) is 4.70. The summed E-state index contributed by atoms with van der Waals surface area (Å²) in [5.74, 6) is 1.54. The maximum atomic E-state index is 11.7. The molecule has 1 aromatic rings. The Morgan fingerprint density at radius 2 is 2.04 bits per heavy atom. The number of nitrogens with zero attached hydrogens (tertiary/aromatic N) is 2. The van der Waals surface area contributed by atoms with Crippen molar-refractivity contribution < 1.29 is 19.0 Å². The van der Waals surface area contributed by atoms with Gasteiger partial charge in [-0.05, 0) is 37.9 Å². The molecule has 24 heavy (non-hydrogen) atoms. The Labute approximate surface area is 143 Å². The lowest BCUT2D eigenvalue weighted by Gasteiger charge is -2.38. The zero-order valence-electron chi connectivity index (χ0n) is 14.5. The molecular formula is C18H26N2O4. The van der Waals surface area contributed by atoms with Gasteiger partial charge in [-0.25, -0.2) is 4.79 Å². The fourth-order valence-corrected chi connectivity index (χ4v) is 3.59. The summed E-state index contributed by atoms with van der Waals surface area (Å²) in [6.07, 6.45) is 2.75. The molecular weight excluding hydrogens is 308 g/mol. The third kappa shape index (κ3) is 3.75. The minimum absolute atomic E-state index is 0.198. The summed E-state index contributed by atoms with van der Waals surface area (Å²) in [5.41, 5.74) is -0.312. The average Bonchev–Trinajstić information content (AvgIpc) is 2.85. The molecule has 132 valence electrons. The molecule has 2 aliphatic rings. The van der Waals surface area contributed by atoms with Crippen molar-refractivity contribution in [1.82, 2.24) is 9.80 Å². The van der Waals surface area contributed by atoms with Crippen LogP contribution in [0.25, 0.3) is 0 Å². The lowest BCUT2D eigenvalue weighted by Crippen LogP contribution is -2.50. The number of likely N-dealkylation sites (tertiary alicyclic amines) is 1. The largest absolute Gasteiger partial charge is 0.493 e. The first kappa shape index (κ1) is 16.9. The topological polar surface area (TPSA) is 51.2 Å². The lowest BCUT2D eigenvalue weighted by atomic mass is 9.93. The molecule has 3 rings (SSSR count). The monoisotopic (exact) mass is 334 g/mol. The molecule has 6 heteroatoms. The van der Waals surface area contributed by atoms with Crippen LogP contribution in [0.15, 0.2) is 24.3 Å². The molecule has 0 N–H and O–H groups in total. The Morgan fingerprint density at radius 3 is 2.75 bits per heavy atom. The number of likely N-dealkylation sites (N-methyl/N-ethyl adjacent to an activating group) is 1. The van der Waals surface area contributed by atoms with Crippen molar-refractivity contribution in [2.24, 2.45) is 0 Å². The molecule has 0 saturated carbocycles. The van der Waals surface area contributed by atoms with Gasteiger partial charge in [-0.15, -0.1) is 0 Å². The summed E-state index contributed by atoms with van der Waals surface area (Å²) in [7, 11) is 3.45. The first-order valence-corrected chi connectivity index (χ1v) is 8.54. The van der Waals surface area contributed by atoms with E-state index in [0.717, 1.165) is 50.4 Å². The van der Waals surface area contributed by atoms with E-state index < -0.39 is 0 Å². The Bertz CT molecular complexity index is 580. The number of benzene rings is 1. The van der Waals surface area contributed by atoms with Crippen molar-refractivity contribution in [1.29, 1.82) is 0 Å². The van der Waals surface area contributed by atoms with Gasteiger partial charge in [0.15, 0.2) is 11.5 Å². The Morgan fingerprint density at radius 1 is 1.25 bits per heavy atom. The van der Waals surface area contributed by atoms with E-state index in [-0.39, 0.29) is 11.7 Å². The van der Waals surface area contributed by atoms with Gasteiger partial charge in [-0.1, -0.05) is 12.1 Å². The molecule has 1 spiro atoms. The number of methoxy groups -OCH3 is 1. The van der Waals surface area contributed by atoms with Crippen LogP contribution in [0.4, 0.5) is 4.79 Å². The lowest BCUT2D eigenvalue weighted by molar-refractivity contribution is -0.00980. The number of para-hydroxylation sites is 2. The maximum Gasteiger partial charge on any atom is 0.410 e. The van der Waals surface area contributed by atoms with Crippen molar-refractivity contribution in [2.75, 3.05) is 46.9 Å². The van der Waals surface area contributed by atoms with Crippen LogP contribution in [0.1, 0.15) is 19.3 Å². The molecule has 0 radical (unpaired) electrons. The molecule has 0 aromatic heterocycles. The fourth-order valence-electron chi connectivity index (χ4n) is 3.59. The second-order valence-electron chi connectivity index (χ2n) is 6.64. The summed E-state index contributed by atoms with van der Waals surface area (Å²) in [6.45, 7) is 4.15. The third-order valence-corrected chi connectivity index (χ3v) is 4.70. The predicted molar refractivity (Wildman–Crippen MR) is 90.6 cm³/mol. The van der Waals surface area contributed by atoms with Gasteiger partial charge >= 0.3 is 6.09 Å². The van der Waals surface area contributed by atoms with Crippen molar-refractivity contribution >= 4 is 6.09 Å². The fraction of sp³-hybridized carbons (Fsp3) is 0.611. The van der Waals surface area contributed by atoms with E-state index >= 15 is 0 Å². The summed E-state index contributed by atoms with van der Waals surface area (Å²) in [4.78, 5) is 15.7. The number of ether oxygens (including phenoxy) is 3. The van der Waals surface area contributed by atoms with Crippen LogP contribution in [0, 0.1) is 0 Å². The van der Waals surface area contributed by atoms with E-state index in [1.54, 1.807) is 19.1 Å². The SMILES string of the molecule is COc1ccccc1OCCCN1CCCC2(C1)CN(C)C(=O)O2. The summed E-state index contributed by atoms with van der Waals surface area (Å²) < 4.78 is 16.7. The zero-order valence-corrected chi connectivity index (χ0v) is 14.5. The van der Waals surface area contributed by atoms with E-state index in [1.165, 1.54) is 0 Å². The van der Waals surface area contributed by atoms with Gasteiger partial charge < -0.3 is 19.1 Å². The molecule has 2 fully saturated rings. The van der Waals surface area contributed by atoms with Gasteiger partial charge in [-0.2, -0.15) is 0 Å². The standard InChI is InChI=1S/C18H26N2O4/c1-19-13-18(24-17(19)21)9-5-10-20(14-18)11-6-12-23-16-8-4-3-7-15(16)22-2/h3-4,7-8H,5-6,9-14H2,1-2H3. The first-order valence-electron chi connectivity index (χ1n) is 8.54. The smallest absolute Gasteiger partial charge is 0.410 e. The molecule has 0 aliphatic carbocycles. The molecule has 2 saturated heterocycles. The maximum absolute atomic E-state index is 11.7. The Balaban J connectivity index is 1.44. The predicted octanol–water partition coefficient (Wildman–Crippen LogP) is 2.38.